The average Bonchev–Trinajstić information content (AvgIpc) is 3.01. The molecule has 0 aliphatic rings. The molecular formula is C20H25NbO30. The van der Waals surface area contributed by atoms with Crippen LogP contribution in [0.25, 0.3) is 0 Å². The molecule has 0 amide bonds. The largest absolute Gasteiger partial charge is 5.00 e. The van der Waals surface area contributed by atoms with Gasteiger partial charge in [-0.15, -0.1) is 0 Å². The van der Waals surface area contributed by atoms with E-state index >= 15 is 0 Å². The SMILES string of the molecule is O=C([O-])C(O)C(O)C(=O)O.O=C([O-])C(O)C(O)C(=O)O.O=C([O-])C(O)C(O)C(=O)O.O=C([O-])C(O)C(O)C(=O)O.O=C([O-])C(O)C(O)C(=O)O.[Nb+5]. The maximum absolute atomic E-state index is 9.74. The summed E-state index contributed by atoms with van der Waals surface area (Å²) in [6.07, 6.45) is -23.5. The van der Waals surface area contributed by atoms with Crippen molar-refractivity contribution in [2.24, 2.45) is 0 Å². The van der Waals surface area contributed by atoms with Gasteiger partial charge in [0.2, 0.25) is 0 Å². The normalized spacial score (nSPS) is 15.5. The predicted molar refractivity (Wildman–Crippen MR) is 123 cm³/mol. The van der Waals surface area contributed by atoms with Crippen LogP contribution in [0.5, 0.6) is 0 Å². The number of aliphatic hydroxyl groups excluding tert-OH is 10. The van der Waals surface area contributed by atoms with Gasteiger partial charge in [0, 0.05) is 0 Å². The molecule has 10 atom stereocenters. The number of hydrogen-bond donors (Lipinski definition) is 15. The van der Waals surface area contributed by atoms with Crippen LogP contribution in [0.4, 0.5) is 0 Å². The van der Waals surface area contributed by atoms with Gasteiger partial charge in [-0.05, 0) is 0 Å². The van der Waals surface area contributed by atoms with Crippen LogP contribution in [0.15, 0.2) is 0 Å². The first-order valence-electron chi connectivity index (χ1n) is 11.3. The maximum atomic E-state index is 9.74. The van der Waals surface area contributed by atoms with Crippen LogP contribution in [-0.2, 0) is 70.3 Å². The Morgan fingerprint density at radius 1 is 0.255 bits per heavy atom. The van der Waals surface area contributed by atoms with Crippen molar-refractivity contribution >= 4 is 59.7 Å². The van der Waals surface area contributed by atoms with Gasteiger partial charge >= 0.3 is 52.2 Å². The molecule has 0 rings (SSSR count). The van der Waals surface area contributed by atoms with E-state index in [1.807, 2.05) is 0 Å². The molecule has 15 N–H and O–H groups in total. The fourth-order valence-corrected chi connectivity index (χ4v) is 1.32. The zero-order valence-electron chi connectivity index (χ0n) is 24.1. The predicted octanol–water partition coefficient (Wildman–Crippen LogP) is -17.3. The third kappa shape index (κ3) is 27.5. The third-order valence-corrected chi connectivity index (χ3v) is 3.97. The van der Waals surface area contributed by atoms with Crippen molar-refractivity contribution in [1.82, 2.24) is 0 Å². The molecule has 30 nitrogen and oxygen atoms in total. The van der Waals surface area contributed by atoms with Crippen molar-refractivity contribution < 1.29 is 172 Å². The monoisotopic (exact) mass is 838 g/mol. The Balaban J connectivity index is -0.000000123. The van der Waals surface area contributed by atoms with Gasteiger partial charge < -0.3 is 126 Å². The first kappa shape index (κ1) is 58.3. The van der Waals surface area contributed by atoms with Crippen molar-refractivity contribution in [2.45, 2.75) is 61.0 Å². The van der Waals surface area contributed by atoms with Gasteiger partial charge in [-0.2, -0.15) is 0 Å². The molecule has 0 aromatic heterocycles. The van der Waals surface area contributed by atoms with E-state index in [-0.39, 0.29) is 22.4 Å². The summed E-state index contributed by atoms with van der Waals surface area (Å²) in [6.45, 7) is 0. The van der Waals surface area contributed by atoms with E-state index in [9.17, 15) is 73.5 Å². The van der Waals surface area contributed by atoms with E-state index in [0.717, 1.165) is 0 Å². The van der Waals surface area contributed by atoms with Crippen molar-refractivity contribution in [2.75, 3.05) is 0 Å². The molecule has 0 aromatic carbocycles. The van der Waals surface area contributed by atoms with Gasteiger partial charge in [-0.1, -0.05) is 0 Å². The number of carboxylic acid groups (broad SMARTS) is 10. The molecule has 290 valence electrons. The van der Waals surface area contributed by atoms with E-state index in [1.54, 1.807) is 0 Å². The van der Waals surface area contributed by atoms with Gasteiger partial charge in [0.25, 0.3) is 0 Å². The van der Waals surface area contributed by atoms with Crippen molar-refractivity contribution in [3.63, 3.8) is 0 Å². The summed E-state index contributed by atoms with van der Waals surface area (Å²) >= 11 is 0. The quantitative estimate of drug-likeness (QED) is 0.0681. The molecule has 0 aliphatic heterocycles. The molecule has 10 unspecified atom stereocenters. The van der Waals surface area contributed by atoms with Crippen LogP contribution in [-0.4, -0.2) is 197 Å². The molecule has 0 aromatic rings. The van der Waals surface area contributed by atoms with Gasteiger partial charge in [-0.3, -0.25) is 0 Å². The van der Waals surface area contributed by atoms with Crippen molar-refractivity contribution in [1.29, 1.82) is 0 Å². The minimum atomic E-state index is -2.38. The average molecular weight is 838 g/mol. The van der Waals surface area contributed by atoms with Crippen LogP contribution in [0.1, 0.15) is 0 Å². The first-order chi connectivity index (χ1) is 22.3. The zero-order chi connectivity index (χ0) is 41.5. The summed E-state index contributed by atoms with van der Waals surface area (Å²) < 4.78 is 0. The van der Waals surface area contributed by atoms with Gasteiger partial charge in [0.15, 0.2) is 30.5 Å². The number of rotatable bonds is 15. The van der Waals surface area contributed by atoms with Crippen LogP contribution >= 0.6 is 0 Å². The molecule has 31 heteroatoms. The Kier molecular flexibility index (Phi) is 32.9. The first-order valence-corrected chi connectivity index (χ1v) is 11.3. The smallest absolute Gasteiger partial charge is 0.547 e. The summed E-state index contributed by atoms with van der Waals surface area (Å²) in [6, 6.07) is 0. The number of carbonyl (C=O) groups excluding carboxylic acids is 5. The number of aliphatic hydroxyl groups is 10. The number of carboxylic acids is 10. The van der Waals surface area contributed by atoms with Gasteiger partial charge in [-0.25, -0.2) is 24.0 Å². The molecule has 0 fully saturated rings. The van der Waals surface area contributed by atoms with E-state index in [1.165, 1.54) is 0 Å². The fourth-order valence-electron chi connectivity index (χ4n) is 1.32. The van der Waals surface area contributed by atoms with E-state index in [0.29, 0.717) is 0 Å². The summed E-state index contributed by atoms with van der Waals surface area (Å²) in [7, 11) is 0. The summed E-state index contributed by atoms with van der Waals surface area (Å²) in [4.78, 5) is 97.0. The second kappa shape index (κ2) is 28.8. The molecule has 0 saturated heterocycles. The van der Waals surface area contributed by atoms with Crippen molar-refractivity contribution in [3.8, 4) is 0 Å². The second-order valence-corrected chi connectivity index (χ2v) is 7.73. The topological polar surface area (TPSA) is 589 Å². The van der Waals surface area contributed by atoms with Crippen LogP contribution < -0.4 is 25.5 Å². The second-order valence-electron chi connectivity index (χ2n) is 7.73. The zero-order valence-corrected chi connectivity index (χ0v) is 26.3. The third-order valence-electron chi connectivity index (χ3n) is 3.97. The van der Waals surface area contributed by atoms with E-state index in [4.69, 9.17) is 76.6 Å². The fraction of sp³-hybridized carbons (Fsp3) is 0.500. The molecule has 0 radical (unpaired) electrons. The van der Waals surface area contributed by atoms with E-state index in [2.05, 4.69) is 0 Å². The molecule has 0 bridgehead atoms. The number of carbonyl (C=O) groups is 10. The number of hydrogen-bond acceptors (Lipinski definition) is 25. The Morgan fingerprint density at radius 3 is 0.353 bits per heavy atom. The molecular weight excluding hydrogens is 813 g/mol. The van der Waals surface area contributed by atoms with Crippen molar-refractivity contribution in [3.05, 3.63) is 0 Å². The molecule has 0 aliphatic carbocycles. The molecule has 0 saturated carbocycles. The van der Waals surface area contributed by atoms with E-state index < -0.39 is 121 Å². The summed E-state index contributed by atoms with van der Waals surface area (Å²) in [5, 5.41) is 171. The summed E-state index contributed by atoms with van der Waals surface area (Å²) in [5.74, 6) is -19.1. The Bertz CT molecular complexity index is 885. The maximum Gasteiger partial charge on any atom is 5.00 e. The Hall–Kier alpha value is -4.96. The number of aliphatic carboxylic acids is 10. The van der Waals surface area contributed by atoms with Crippen LogP contribution in [0.3, 0.4) is 0 Å². The standard InChI is InChI=1S/5C4H6O6.Nb/c5*5-1(3(7)8)2(6)4(9)10;/h5*1-2,5-6H,(H,7,8)(H,9,10);/q;;;;;+5/p-5. The minimum absolute atomic E-state index is 0. The minimum Gasteiger partial charge on any atom is -0.547 e. The Labute approximate surface area is 293 Å². The Morgan fingerprint density at radius 2 is 0.333 bits per heavy atom. The van der Waals surface area contributed by atoms with Gasteiger partial charge in [0.05, 0.1) is 29.8 Å². The van der Waals surface area contributed by atoms with Crippen LogP contribution in [0.2, 0.25) is 0 Å². The van der Waals surface area contributed by atoms with Crippen LogP contribution in [0, 0.1) is 0 Å². The molecule has 51 heavy (non-hydrogen) atoms. The molecule has 0 heterocycles. The molecule has 0 spiro atoms. The van der Waals surface area contributed by atoms with Gasteiger partial charge in [0.1, 0.15) is 30.5 Å². The summed E-state index contributed by atoms with van der Waals surface area (Å²) in [5.41, 5.74) is 0.